The fraction of sp³-hybridized carbons (Fsp3) is 0.429. The van der Waals surface area contributed by atoms with E-state index in [-0.39, 0.29) is 11.9 Å². The Bertz CT molecular complexity index is 574. The number of nitrogens with zero attached hydrogens (tertiary/aromatic N) is 2. The average Bonchev–Trinajstić information content (AvgIpc) is 2.74. The van der Waals surface area contributed by atoms with Crippen LogP contribution in [0.5, 0.6) is 0 Å². The van der Waals surface area contributed by atoms with Gasteiger partial charge in [0, 0.05) is 10.0 Å². The first-order valence-corrected chi connectivity index (χ1v) is 7.55. The van der Waals surface area contributed by atoms with Gasteiger partial charge in [0.1, 0.15) is 5.82 Å². The molecule has 1 atom stereocenters. The van der Waals surface area contributed by atoms with Crippen molar-refractivity contribution < 1.29 is 8.91 Å². The molecule has 1 saturated heterocycles. The maximum absolute atomic E-state index is 13.4. The summed E-state index contributed by atoms with van der Waals surface area (Å²) in [6, 6.07) is 4.68. The van der Waals surface area contributed by atoms with Gasteiger partial charge in [0.2, 0.25) is 0 Å². The van der Waals surface area contributed by atoms with Crippen LogP contribution < -0.4 is 5.32 Å². The van der Waals surface area contributed by atoms with E-state index in [1.54, 1.807) is 6.07 Å². The van der Waals surface area contributed by atoms with Gasteiger partial charge in [-0.05, 0) is 37.6 Å². The van der Waals surface area contributed by atoms with Gasteiger partial charge in [-0.2, -0.15) is 4.98 Å². The number of halogens is 2. The minimum Gasteiger partial charge on any atom is -0.334 e. The molecule has 0 saturated carbocycles. The van der Waals surface area contributed by atoms with E-state index in [1.807, 2.05) is 0 Å². The SMILES string of the molecule is Fc1cc(Br)cc(-c2nc(C3CCCCCN3)no2)c1. The lowest BCUT2D eigenvalue weighted by atomic mass is 10.1. The third-order valence-corrected chi connectivity index (χ3v) is 3.88. The van der Waals surface area contributed by atoms with Crippen LogP contribution in [0, 0.1) is 5.82 Å². The monoisotopic (exact) mass is 339 g/mol. The van der Waals surface area contributed by atoms with Crippen LogP contribution >= 0.6 is 15.9 Å². The van der Waals surface area contributed by atoms with Crippen molar-refractivity contribution in [2.45, 2.75) is 31.7 Å². The largest absolute Gasteiger partial charge is 0.334 e. The summed E-state index contributed by atoms with van der Waals surface area (Å²) in [6.07, 6.45) is 4.57. The normalized spacial score (nSPS) is 19.8. The number of nitrogens with one attached hydrogen (secondary N) is 1. The summed E-state index contributed by atoms with van der Waals surface area (Å²) >= 11 is 3.26. The Kier molecular flexibility index (Phi) is 4.12. The Morgan fingerprint density at radius 1 is 1.25 bits per heavy atom. The van der Waals surface area contributed by atoms with Crippen molar-refractivity contribution >= 4 is 15.9 Å². The van der Waals surface area contributed by atoms with E-state index in [1.165, 1.54) is 25.0 Å². The molecule has 2 aromatic rings. The van der Waals surface area contributed by atoms with Gasteiger partial charge in [-0.25, -0.2) is 4.39 Å². The molecule has 1 aromatic heterocycles. The average molecular weight is 340 g/mol. The topological polar surface area (TPSA) is 51.0 Å². The van der Waals surface area contributed by atoms with Crippen LogP contribution in [-0.2, 0) is 0 Å². The molecule has 0 aliphatic carbocycles. The van der Waals surface area contributed by atoms with Crippen molar-refractivity contribution in [1.29, 1.82) is 0 Å². The Morgan fingerprint density at radius 2 is 2.15 bits per heavy atom. The Balaban J connectivity index is 1.85. The number of aromatic nitrogens is 2. The first-order valence-electron chi connectivity index (χ1n) is 6.76. The van der Waals surface area contributed by atoms with Crippen molar-refractivity contribution in [1.82, 2.24) is 15.5 Å². The first kappa shape index (κ1) is 13.7. The molecule has 1 N–H and O–H groups in total. The molecule has 1 fully saturated rings. The van der Waals surface area contributed by atoms with Crippen molar-refractivity contribution in [3.63, 3.8) is 0 Å². The van der Waals surface area contributed by atoms with Gasteiger partial charge < -0.3 is 9.84 Å². The van der Waals surface area contributed by atoms with Crippen molar-refractivity contribution in [3.05, 3.63) is 34.3 Å². The predicted octanol–water partition coefficient (Wildman–Crippen LogP) is 3.84. The molecule has 2 heterocycles. The maximum Gasteiger partial charge on any atom is 0.258 e. The van der Waals surface area contributed by atoms with Crippen molar-refractivity contribution in [2.24, 2.45) is 0 Å². The molecule has 1 aromatic carbocycles. The van der Waals surface area contributed by atoms with Crippen LogP contribution in [0.25, 0.3) is 11.5 Å². The highest BCUT2D eigenvalue weighted by atomic mass is 79.9. The summed E-state index contributed by atoms with van der Waals surface area (Å²) in [7, 11) is 0. The van der Waals surface area contributed by atoms with Crippen molar-refractivity contribution in [2.75, 3.05) is 6.54 Å². The minimum absolute atomic E-state index is 0.131. The van der Waals surface area contributed by atoms with Gasteiger partial charge in [-0.3, -0.25) is 0 Å². The summed E-state index contributed by atoms with van der Waals surface area (Å²) in [6.45, 7) is 0.972. The maximum atomic E-state index is 13.4. The molecular formula is C14H15BrFN3O. The minimum atomic E-state index is -0.332. The lowest BCUT2D eigenvalue weighted by Crippen LogP contribution is -2.21. The number of hydrogen-bond acceptors (Lipinski definition) is 4. The van der Waals surface area contributed by atoms with E-state index < -0.39 is 0 Å². The molecule has 0 amide bonds. The van der Waals surface area contributed by atoms with Crippen LogP contribution in [0.2, 0.25) is 0 Å². The third-order valence-electron chi connectivity index (χ3n) is 3.42. The fourth-order valence-electron chi connectivity index (χ4n) is 2.42. The number of rotatable bonds is 2. The highest BCUT2D eigenvalue weighted by molar-refractivity contribution is 9.10. The van der Waals surface area contributed by atoms with Crippen LogP contribution in [0.3, 0.4) is 0 Å². The number of benzene rings is 1. The Hall–Kier alpha value is -1.27. The zero-order chi connectivity index (χ0) is 13.9. The predicted molar refractivity (Wildman–Crippen MR) is 76.6 cm³/mol. The second-order valence-corrected chi connectivity index (χ2v) is 5.89. The van der Waals surface area contributed by atoms with E-state index in [0.29, 0.717) is 21.8 Å². The van der Waals surface area contributed by atoms with E-state index in [9.17, 15) is 4.39 Å². The molecule has 0 radical (unpaired) electrons. The molecule has 4 nitrogen and oxygen atoms in total. The number of hydrogen-bond donors (Lipinski definition) is 1. The molecule has 0 spiro atoms. The molecule has 1 aliphatic rings. The molecule has 106 valence electrons. The quantitative estimate of drug-likeness (QED) is 0.902. The van der Waals surface area contributed by atoms with Gasteiger partial charge in [0.15, 0.2) is 5.82 Å². The molecule has 1 aliphatic heterocycles. The van der Waals surface area contributed by atoms with Gasteiger partial charge >= 0.3 is 0 Å². The molecule has 1 unspecified atom stereocenters. The summed E-state index contributed by atoms with van der Waals surface area (Å²) in [5.74, 6) is 0.676. The molecule has 3 rings (SSSR count). The van der Waals surface area contributed by atoms with Crippen LogP contribution in [-0.4, -0.2) is 16.7 Å². The van der Waals surface area contributed by atoms with E-state index in [0.717, 1.165) is 19.4 Å². The fourth-order valence-corrected chi connectivity index (χ4v) is 2.89. The van der Waals surface area contributed by atoms with Crippen LogP contribution in [0.1, 0.15) is 37.5 Å². The summed E-state index contributed by atoms with van der Waals surface area (Å²) in [5.41, 5.74) is 0.587. The summed E-state index contributed by atoms with van der Waals surface area (Å²) < 4.78 is 19.3. The van der Waals surface area contributed by atoms with Crippen molar-refractivity contribution in [3.8, 4) is 11.5 Å². The second-order valence-electron chi connectivity index (χ2n) is 4.97. The molecule has 0 bridgehead atoms. The van der Waals surface area contributed by atoms with E-state index in [2.05, 4.69) is 31.4 Å². The third kappa shape index (κ3) is 3.07. The second kappa shape index (κ2) is 6.01. The first-order chi connectivity index (χ1) is 9.72. The lowest BCUT2D eigenvalue weighted by molar-refractivity contribution is 0.402. The highest BCUT2D eigenvalue weighted by Crippen LogP contribution is 2.26. The summed E-state index contributed by atoms with van der Waals surface area (Å²) in [5, 5.41) is 7.45. The zero-order valence-electron chi connectivity index (χ0n) is 10.9. The van der Waals surface area contributed by atoms with E-state index in [4.69, 9.17) is 4.52 Å². The van der Waals surface area contributed by atoms with Gasteiger partial charge in [-0.15, -0.1) is 0 Å². The molecule has 20 heavy (non-hydrogen) atoms. The van der Waals surface area contributed by atoms with Gasteiger partial charge in [-0.1, -0.05) is 33.9 Å². The summed E-state index contributed by atoms with van der Waals surface area (Å²) in [4.78, 5) is 4.40. The van der Waals surface area contributed by atoms with E-state index >= 15 is 0 Å². The van der Waals surface area contributed by atoms with Crippen LogP contribution in [0.15, 0.2) is 27.2 Å². The smallest absolute Gasteiger partial charge is 0.258 e. The lowest BCUT2D eigenvalue weighted by Gasteiger charge is -2.09. The zero-order valence-corrected chi connectivity index (χ0v) is 12.5. The molecule has 6 heteroatoms. The standard InChI is InChI=1S/C14H15BrFN3O/c15-10-6-9(7-11(16)8-10)14-18-13(19-20-14)12-4-2-1-3-5-17-12/h6-8,12,17H,1-5H2. The van der Waals surface area contributed by atoms with Crippen LogP contribution in [0.4, 0.5) is 4.39 Å². The Labute approximate surface area is 124 Å². The highest BCUT2D eigenvalue weighted by Gasteiger charge is 2.20. The van der Waals surface area contributed by atoms with Gasteiger partial charge in [0.25, 0.3) is 5.89 Å². The Morgan fingerprint density at radius 3 is 3.00 bits per heavy atom. The van der Waals surface area contributed by atoms with Gasteiger partial charge in [0.05, 0.1) is 6.04 Å². The molecular weight excluding hydrogens is 325 g/mol.